The monoisotopic (exact) mass is 306 g/mol. The number of esters is 1. The Balaban J connectivity index is 1.75. The number of cyclic esters (lactones) is 1. The zero-order valence-electron chi connectivity index (χ0n) is 12.5. The zero-order chi connectivity index (χ0) is 16.1. The summed E-state index contributed by atoms with van der Waals surface area (Å²) in [5, 5.41) is 0. The van der Waals surface area contributed by atoms with Crippen LogP contribution in [0.1, 0.15) is 11.1 Å². The molecule has 3 rings (SSSR count). The second-order valence-electron chi connectivity index (χ2n) is 4.76. The first kappa shape index (κ1) is 14.7. The van der Waals surface area contributed by atoms with E-state index in [9.17, 15) is 4.79 Å². The van der Waals surface area contributed by atoms with Crippen molar-refractivity contribution in [3.63, 3.8) is 0 Å². The minimum Gasteiger partial charge on any atom is -0.497 e. The molecule has 1 aliphatic rings. The van der Waals surface area contributed by atoms with Gasteiger partial charge in [-0.2, -0.15) is 0 Å². The first-order valence-electron chi connectivity index (χ1n) is 6.99. The van der Waals surface area contributed by atoms with Gasteiger partial charge >= 0.3 is 5.97 Å². The van der Waals surface area contributed by atoms with Crippen LogP contribution in [-0.2, 0) is 9.53 Å². The summed E-state index contributed by atoms with van der Waals surface area (Å²) in [6.45, 7) is 0. The van der Waals surface area contributed by atoms with Crippen LogP contribution < -0.4 is 4.74 Å². The fourth-order valence-corrected chi connectivity index (χ4v) is 2.00. The molecule has 0 saturated heterocycles. The van der Waals surface area contributed by atoms with Crippen LogP contribution in [0.15, 0.2) is 65.6 Å². The lowest BCUT2D eigenvalue weighted by molar-refractivity contribution is -0.129. The maximum Gasteiger partial charge on any atom is 0.363 e. The van der Waals surface area contributed by atoms with Gasteiger partial charge in [0.2, 0.25) is 5.90 Å². The first-order valence-corrected chi connectivity index (χ1v) is 6.99. The number of carbonyl (C=O) groups is 1. The van der Waals surface area contributed by atoms with Crippen LogP contribution in [0.3, 0.4) is 0 Å². The number of aromatic nitrogens is 1. The smallest absolute Gasteiger partial charge is 0.363 e. The standard InChI is InChI=1S/C18H14N2O3/c1-22-15-7-4-13(5-8-15)6-9-17-20-16(18(21)23-17)11-14-3-2-10-19-12-14/h2-12H,1H3/b9-6+,16-11-. The van der Waals surface area contributed by atoms with Crippen molar-refractivity contribution in [1.29, 1.82) is 0 Å². The van der Waals surface area contributed by atoms with Gasteiger partial charge in [0.15, 0.2) is 5.70 Å². The van der Waals surface area contributed by atoms with E-state index in [4.69, 9.17) is 9.47 Å². The molecule has 1 aromatic heterocycles. The lowest BCUT2D eigenvalue weighted by atomic mass is 10.2. The Kier molecular flexibility index (Phi) is 4.29. The molecule has 1 aromatic carbocycles. The van der Waals surface area contributed by atoms with Crippen LogP contribution in [0.5, 0.6) is 5.75 Å². The van der Waals surface area contributed by atoms with Gasteiger partial charge in [-0.3, -0.25) is 4.98 Å². The molecule has 0 saturated carbocycles. The molecular formula is C18H14N2O3. The van der Waals surface area contributed by atoms with Crippen LogP contribution in [0.4, 0.5) is 0 Å². The number of carbonyl (C=O) groups excluding carboxylic acids is 1. The number of hydrogen-bond donors (Lipinski definition) is 0. The van der Waals surface area contributed by atoms with E-state index < -0.39 is 5.97 Å². The lowest BCUT2D eigenvalue weighted by Crippen LogP contribution is -2.01. The number of rotatable bonds is 4. The maximum absolute atomic E-state index is 11.8. The number of nitrogens with zero attached hydrogens (tertiary/aromatic N) is 2. The van der Waals surface area contributed by atoms with E-state index in [1.54, 1.807) is 37.7 Å². The molecule has 5 nitrogen and oxygen atoms in total. The zero-order valence-corrected chi connectivity index (χ0v) is 12.5. The lowest BCUT2D eigenvalue weighted by Gasteiger charge is -1.98. The van der Waals surface area contributed by atoms with Gasteiger partial charge in [-0.25, -0.2) is 9.79 Å². The molecule has 114 valence electrons. The first-order chi connectivity index (χ1) is 11.2. The van der Waals surface area contributed by atoms with Crippen molar-refractivity contribution < 1.29 is 14.3 Å². The van der Waals surface area contributed by atoms with Crippen LogP contribution >= 0.6 is 0 Å². The topological polar surface area (TPSA) is 60.8 Å². The van der Waals surface area contributed by atoms with Crippen LogP contribution in [0.25, 0.3) is 12.2 Å². The van der Waals surface area contributed by atoms with Gasteiger partial charge in [-0.15, -0.1) is 0 Å². The van der Waals surface area contributed by atoms with E-state index >= 15 is 0 Å². The Labute approximate surface area is 133 Å². The largest absolute Gasteiger partial charge is 0.497 e. The third kappa shape index (κ3) is 3.71. The van der Waals surface area contributed by atoms with E-state index in [1.807, 2.05) is 36.4 Å². The van der Waals surface area contributed by atoms with Crippen molar-refractivity contribution in [1.82, 2.24) is 4.98 Å². The Morgan fingerprint density at radius 2 is 1.91 bits per heavy atom. The van der Waals surface area contributed by atoms with Gasteiger partial charge in [0.1, 0.15) is 5.75 Å². The summed E-state index contributed by atoms with van der Waals surface area (Å²) >= 11 is 0. The summed E-state index contributed by atoms with van der Waals surface area (Å²) in [7, 11) is 1.62. The van der Waals surface area contributed by atoms with Gasteiger partial charge in [-0.05, 0) is 41.5 Å². The summed E-state index contributed by atoms with van der Waals surface area (Å²) < 4.78 is 10.2. The molecule has 5 heteroatoms. The van der Waals surface area contributed by atoms with Crippen LogP contribution in [0.2, 0.25) is 0 Å². The molecule has 23 heavy (non-hydrogen) atoms. The third-order valence-electron chi connectivity index (χ3n) is 3.16. The molecule has 1 aliphatic heterocycles. The molecule has 2 aromatic rings. The molecule has 0 fully saturated rings. The van der Waals surface area contributed by atoms with E-state index in [2.05, 4.69) is 9.98 Å². The minimum atomic E-state index is -0.469. The number of aliphatic imine (C=N–C) groups is 1. The van der Waals surface area contributed by atoms with Crippen molar-refractivity contribution in [2.24, 2.45) is 4.99 Å². The van der Waals surface area contributed by atoms with Crippen LogP contribution in [0, 0.1) is 0 Å². The van der Waals surface area contributed by atoms with Crippen LogP contribution in [-0.4, -0.2) is 24.0 Å². The van der Waals surface area contributed by atoms with E-state index in [0.717, 1.165) is 16.9 Å². The second-order valence-corrected chi connectivity index (χ2v) is 4.76. The number of benzene rings is 1. The molecule has 0 aliphatic carbocycles. The molecule has 0 radical (unpaired) electrons. The van der Waals surface area contributed by atoms with E-state index in [0.29, 0.717) is 0 Å². The summed E-state index contributed by atoms with van der Waals surface area (Å²) in [5.74, 6) is 0.581. The molecule has 0 unspecified atom stereocenters. The van der Waals surface area contributed by atoms with Gasteiger partial charge in [-0.1, -0.05) is 18.2 Å². The minimum absolute atomic E-state index is 0.257. The SMILES string of the molecule is COc1ccc(/C=C/C2=NC(=C\c3cccnc3)/C(=O)O2)cc1. The third-order valence-corrected chi connectivity index (χ3v) is 3.16. The second kappa shape index (κ2) is 6.70. The predicted octanol–water partition coefficient (Wildman–Crippen LogP) is 3.10. The fourth-order valence-electron chi connectivity index (χ4n) is 2.00. The molecule has 0 N–H and O–H groups in total. The van der Waals surface area contributed by atoms with Crippen molar-refractivity contribution in [2.75, 3.05) is 7.11 Å². The average molecular weight is 306 g/mol. The quantitative estimate of drug-likeness (QED) is 0.643. The number of pyridine rings is 1. The highest BCUT2D eigenvalue weighted by molar-refractivity contribution is 6.11. The van der Waals surface area contributed by atoms with Crippen molar-refractivity contribution in [2.45, 2.75) is 0 Å². The average Bonchev–Trinajstić information content (AvgIpc) is 2.94. The van der Waals surface area contributed by atoms with E-state index in [1.165, 1.54) is 0 Å². The summed E-state index contributed by atoms with van der Waals surface area (Å²) in [6.07, 6.45) is 8.44. The Hall–Kier alpha value is -3.21. The number of methoxy groups -OCH3 is 1. The van der Waals surface area contributed by atoms with E-state index in [-0.39, 0.29) is 11.6 Å². The molecular weight excluding hydrogens is 292 g/mol. The van der Waals surface area contributed by atoms with Gasteiger partial charge in [0.25, 0.3) is 0 Å². The summed E-state index contributed by atoms with van der Waals surface area (Å²) in [5.41, 5.74) is 2.00. The molecule has 0 amide bonds. The maximum atomic E-state index is 11.8. The fraction of sp³-hybridized carbons (Fsp3) is 0.0556. The Morgan fingerprint density at radius 3 is 2.61 bits per heavy atom. The molecule has 0 bridgehead atoms. The predicted molar refractivity (Wildman–Crippen MR) is 87.8 cm³/mol. The molecule has 2 heterocycles. The number of ether oxygens (including phenoxy) is 2. The van der Waals surface area contributed by atoms with Crippen molar-refractivity contribution >= 4 is 24.0 Å². The van der Waals surface area contributed by atoms with Crippen molar-refractivity contribution in [3.8, 4) is 5.75 Å². The Morgan fingerprint density at radius 1 is 1.09 bits per heavy atom. The highest BCUT2D eigenvalue weighted by Gasteiger charge is 2.20. The summed E-state index contributed by atoms with van der Waals surface area (Å²) in [4.78, 5) is 20.0. The number of hydrogen-bond acceptors (Lipinski definition) is 5. The van der Waals surface area contributed by atoms with Gasteiger partial charge in [0.05, 0.1) is 7.11 Å². The van der Waals surface area contributed by atoms with Gasteiger partial charge in [0, 0.05) is 18.5 Å². The summed E-state index contributed by atoms with van der Waals surface area (Å²) in [6, 6.07) is 11.2. The molecule has 0 spiro atoms. The molecule has 0 atom stereocenters. The normalized spacial score (nSPS) is 15.8. The van der Waals surface area contributed by atoms with Gasteiger partial charge < -0.3 is 9.47 Å². The highest BCUT2D eigenvalue weighted by atomic mass is 16.6. The highest BCUT2D eigenvalue weighted by Crippen LogP contribution is 2.17. The Bertz CT molecular complexity index is 791. The van der Waals surface area contributed by atoms with Crippen molar-refractivity contribution in [3.05, 3.63) is 71.7 Å².